The lowest BCUT2D eigenvalue weighted by Gasteiger charge is -1.79. The molecule has 52 valence electrons. The molecule has 2 heterocycles. The predicted molar refractivity (Wildman–Crippen MR) is 33.4 cm³/mol. The molecule has 0 unspecified atom stereocenters. The Kier molecular flexibility index (Phi) is 1.01. The van der Waals surface area contributed by atoms with Crippen LogP contribution in [-0.2, 0) is 6.61 Å². The zero-order chi connectivity index (χ0) is 6.97. The van der Waals surface area contributed by atoms with Gasteiger partial charge >= 0.3 is 0 Å². The Morgan fingerprint density at radius 1 is 1.70 bits per heavy atom. The summed E-state index contributed by atoms with van der Waals surface area (Å²) in [5.41, 5.74) is 0.657. The minimum atomic E-state index is -0.0800. The summed E-state index contributed by atoms with van der Waals surface area (Å²) in [7, 11) is 0. The molecule has 0 amide bonds. The molecule has 0 spiro atoms. The highest BCUT2D eigenvalue weighted by atomic mass is 16.4. The third kappa shape index (κ3) is 0.625. The first-order chi connectivity index (χ1) is 4.90. The number of hydrogen-bond acceptors (Lipinski definition) is 3. The van der Waals surface area contributed by atoms with E-state index in [0.29, 0.717) is 11.5 Å². The van der Waals surface area contributed by atoms with Crippen LogP contribution < -0.4 is 0 Å². The van der Waals surface area contributed by atoms with Crippen molar-refractivity contribution >= 4 is 5.71 Å². The molecule has 0 aliphatic rings. The third-order valence-corrected chi connectivity index (χ3v) is 1.29. The van der Waals surface area contributed by atoms with Gasteiger partial charge < -0.3 is 9.52 Å². The van der Waals surface area contributed by atoms with Gasteiger partial charge in [0, 0.05) is 6.07 Å². The van der Waals surface area contributed by atoms with E-state index in [1.165, 1.54) is 0 Å². The molecular formula is C6H6N2O2. The minimum Gasteiger partial charge on any atom is -0.439 e. The number of aliphatic hydroxyl groups excluding tert-OH is 1. The van der Waals surface area contributed by atoms with Gasteiger partial charge in [-0.15, -0.1) is 0 Å². The quantitative estimate of drug-likeness (QED) is 0.621. The van der Waals surface area contributed by atoms with Gasteiger partial charge in [-0.2, -0.15) is 5.10 Å². The van der Waals surface area contributed by atoms with Crippen LogP contribution in [0.2, 0.25) is 0 Å². The Morgan fingerprint density at radius 2 is 2.60 bits per heavy atom. The van der Waals surface area contributed by atoms with E-state index in [9.17, 15) is 0 Å². The van der Waals surface area contributed by atoms with Gasteiger partial charge in [-0.25, -0.2) is 4.52 Å². The molecule has 2 aromatic rings. The number of aliphatic hydroxyl groups is 1. The van der Waals surface area contributed by atoms with E-state index in [0.717, 1.165) is 0 Å². The Hall–Kier alpha value is -1.29. The average molecular weight is 138 g/mol. The maximum Gasteiger partial charge on any atom is 0.221 e. The summed E-state index contributed by atoms with van der Waals surface area (Å²) in [4.78, 5) is 0. The maximum absolute atomic E-state index is 8.62. The van der Waals surface area contributed by atoms with Crippen LogP contribution in [0.25, 0.3) is 5.71 Å². The third-order valence-electron chi connectivity index (χ3n) is 1.29. The van der Waals surface area contributed by atoms with E-state index >= 15 is 0 Å². The largest absolute Gasteiger partial charge is 0.439 e. The molecule has 0 fully saturated rings. The van der Waals surface area contributed by atoms with E-state index in [2.05, 4.69) is 5.10 Å². The number of fused-ring (bicyclic) bond motifs is 1. The van der Waals surface area contributed by atoms with Crippen molar-refractivity contribution in [3.8, 4) is 0 Å². The van der Waals surface area contributed by atoms with Gasteiger partial charge in [-0.1, -0.05) is 0 Å². The van der Waals surface area contributed by atoms with Gasteiger partial charge in [0.25, 0.3) is 0 Å². The summed E-state index contributed by atoms with van der Waals surface area (Å²) >= 11 is 0. The van der Waals surface area contributed by atoms with Crippen molar-refractivity contribution in [3.05, 3.63) is 24.2 Å². The summed E-state index contributed by atoms with van der Waals surface area (Å²) < 4.78 is 6.68. The molecule has 2 aromatic heterocycles. The van der Waals surface area contributed by atoms with Crippen LogP contribution in [0.3, 0.4) is 0 Å². The molecule has 4 nitrogen and oxygen atoms in total. The van der Waals surface area contributed by atoms with Gasteiger partial charge in [0.15, 0.2) is 0 Å². The second-order valence-electron chi connectivity index (χ2n) is 1.97. The van der Waals surface area contributed by atoms with E-state index < -0.39 is 0 Å². The number of aromatic nitrogens is 2. The van der Waals surface area contributed by atoms with Crippen molar-refractivity contribution < 1.29 is 9.52 Å². The monoisotopic (exact) mass is 138 g/mol. The highest BCUT2D eigenvalue weighted by molar-refractivity contribution is 5.31. The van der Waals surface area contributed by atoms with Gasteiger partial charge in [0.1, 0.15) is 12.4 Å². The summed E-state index contributed by atoms with van der Waals surface area (Å²) in [5.74, 6) is 0.531. The molecule has 1 N–H and O–H groups in total. The topological polar surface area (TPSA) is 50.7 Å². The van der Waals surface area contributed by atoms with Crippen LogP contribution in [0.15, 0.2) is 22.9 Å². The Bertz CT molecular complexity index is 307. The van der Waals surface area contributed by atoms with Crippen LogP contribution in [0.5, 0.6) is 0 Å². The van der Waals surface area contributed by atoms with Crippen molar-refractivity contribution in [2.75, 3.05) is 0 Å². The van der Waals surface area contributed by atoms with Gasteiger partial charge in [-0.05, 0) is 0 Å². The number of oxazole rings is 1. The van der Waals surface area contributed by atoms with Crippen molar-refractivity contribution in [2.24, 2.45) is 0 Å². The lowest BCUT2D eigenvalue weighted by molar-refractivity contribution is 0.251. The second kappa shape index (κ2) is 1.85. The van der Waals surface area contributed by atoms with E-state index in [1.807, 2.05) is 0 Å². The fourth-order valence-electron chi connectivity index (χ4n) is 0.850. The smallest absolute Gasteiger partial charge is 0.221 e. The minimum absolute atomic E-state index is 0.0800. The SMILES string of the molecule is OCc1cn2nccc2o1. The van der Waals surface area contributed by atoms with Crippen molar-refractivity contribution in [3.63, 3.8) is 0 Å². The highest BCUT2D eigenvalue weighted by Crippen LogP contribution is 2.07. The van der Waals surface area contributed by atoms with Crippen molar-refractivity contribution in [2.45, 2.75) is 6.61 Å². The normalized spacial score (nSPS) is 10.9. The molecule has 0 aromatic carbocycles. The zero-order valence-electron chi connectivity index (χ0n) is 5.19. The average Bonchev–Trinajstić information content (AvgIpc) is 2.42. The van der Waals surface area contributed by atoms with Gasteiger partial charge in [0.2, 0.25) is 5.71 Å². The van der Waals surface area contributed by atoms with E-state index in [1.54, 1.807) is 23.0 Å². The first-order valence-electron chi connectivity index (χ1n) is 2.93. The molecule has 2 rings (SSSR count). The van der Waals surface area contributed by atoms with Gasteiger partial charge in [-0.3, -0.25) is 0 Å². The summed E-state index contributed by atoms with van der Waals surface area (Å²) in [6.45, 7) is -0.0800. The predicted octanol–water partition coefficient (Wildman–Crippen LogP) is 0.420. The lowest BCUT2D eigenvalue weighted by Crippen LogP contribution is -1.79. The fraction of sp³-hybridized carbons (Fsp3) is 0.167. The Labute approximate surface area is 56.7 Å². The molecule has 0 atom stereocenters. The van der Waals surface area contributed by atoms with Crippen LogP contribution >= 0.6 is 0 Å². The molecule has 0 radical (unpaired) electrons. The Balaban J connectivity index is 2.67. The number of nitrogens with zero attached hydrogens (tertiary/aromatic N) is 2. The van der Waals surface area contributed by atoms with E-state index in [4.69, 9.17) is 9.52 Å². The molecule has 0 saturated heterocycles. The lowest BCUT2D eigenvalue weighted by atomic mass is 10.6. The first-order valence-corrected chi connectivity index (χ1v) is 2.93. The van der Waals surface area contributed by atoms with Crippen LogP contribution in [-0.4, -0.2) is 14.7 Å². The number of hydrogen-bond donors (Lipinski definition) is 1. The van der Waals surface area contributed by atoms with Crippen LogP contribution in [0, 0.1) is 0 Å². The molecule has 0 bridgehead atoms. The summed E-state index contributed by atoms with van der Waals surface area (Å²) in [5, 5.41) is 12.5. The van der Waals surface area contributed by atoms with Crippen molar-refractivity contribution in [1.29, 1.82) is 0 Å². The van der Waals surface area contributed by atoms with Crippen LogP contribution in [0.4, 0.5) is 0 Å². The standard InChI is InChI=1S/C6H6N2O2/c9-4-5-3-8-6(10-5)1-2-7-8/h1-3,9H,4H2. The molecule has 0 saturated carbocycles. The second-order valence-corrected chi connectivity index (χ2v) is 1.97. The van der Waals surface area contributed by atoms with E-state index in [-0.39, 0.29) is 6.61 Å². The van der Waals surface area contributed by atoms with Gasteiger partial charge in [0.05, 0.1) is 12.4 Å². The summed E-state index contributed by atoms with van der Waals surface area (Å²) in [6, 6.07) is 1.74. The molecule has 0 aliphatic heterocycles. The van der Waals surface area contributed by atoms with Crippen LogP contribution in [0.1, 0.15) is 5.76 Å². The first kappa shape index (κ1) is 5.49. The fourth-order valence-corrected chi connectivity index (χ4v) is 0.850. The molecule has 0 aliphatic carbocycles. The maximum atomic E-state index is 8.62. The molecule has 4 heteroatoms. The molecule has 10 heavy (non-hydrogen) atoms. The molecular weight excluding hydrogens is 132 g/mol. The number of rotatable bonds is 1. The summed E-state index contributed by atoms with van der Waals surface area (Å²) in [6.07, 6.45) is 3.29. The highest BCUT2D eigenvalue weighted by Gasteiger charge is 2.00. The van der Waals surface area contributed by atoms with Crippen molar-refractivity contribution in [1.82, 2.24) is 9.61 Å². The Morgan fingerprint density at radius 3 is 3.30 bits per heavy atom. The zero-order valence-corrected chi connectivity index (χ0v) is 5.19.